The van der Waals surface area contributed by atoms with E-state index in [-0.39, 0.29) is 5.76 Å². The number of carbonyl (C=O) groups excluding carboxylic acids is 1. The summed E-state index contributed by atoms with van der Waals surface area (Å²) in [5.41, 5.74) is 0. The molecule has 1 heterocycles. The predicted octanol–water partition coefficient (Wildman–Crippen LogP) is 0.977. The molecule has 10 heavy (non-hydrogen) atoms. The molecule has 0 aliphatic carbocycles. The summed E-state index contributed by atoms with van der Waals surface area (Å²) >= 11 is 0. The molecule has 0 radical (unpaired) electrons. The van der Waals surface area contributed by atoms with E-state index < -0.39 is 5.97 Å². The fraction of sp³-hybridized carbons (Fsp3) is 0.286. The molecule has 0 saturated carbocycles. The number of carbonyl (C=O) groups is 1. The van der Waals surface area contributed by atoms with E-state index in [0.717, 1.165) is 6.42 Å². The highest BCUT2D eigenvalue weighted by Crippen LogP contribution is 2.07. The van der Waals surface area contributed by atoms with Gasteiger partial charge in [-0.15, -0.1) is 0 Å². The van der Waals surface area contributed by atoms with Gasteiger partial charge >= 0.3 is 5.97 Å². The molecule has 1 aliphatic heterocycles. The highest BCUT2D eigenvalue weighted by atomic mass is 16.6. The van der Waals surface area contributed by atoms with E-state index in [0.29, 0.717) is 0 Å². The van der Waals surface area contributed by atoms with Crippen LogP contribution in [0.2, 0.25) is 0 Å². The van der Waals surface area contributed by atoms with E-state index in [9.17, 15) is 4.79 Å². The molecule has 0 saturated heterocycles. The minimum atomic E-state index is -0.427. The number of esters is 1. The Balaban J connectivity index is 2.56. The van der Waals surface area contributed by atoms with Crippen molar-refractivity contribution in [3.63, 3.8) is 0 Å². The van der Waals surface area contributed by atoms with Crippen molar-refractivity contribution in [2.45, 2.75) is 6.42 Å². The molecule has 0 amide bonds. The second-order valence-corrected chi connectivity index (χ2v) is 1.79. The first kappa shape index (κ1) is 6.86. The van der Waals surface area contributed by atoms with Gasteiger partial charge in [-0.2, -0.15) is 0 Å². The summed E-state index contributed by atoms with van der Waals surface area (Å²) in [5, 5.41) is 0. The summed E-state index contributed by atoms with van der Waals surface area (Å²) in [6, 6.07) is 0. The normalized spacial score (nSPS) is 15.5. The van der Waals surface area contributed by atoms with Gasteiger partial charge in [0.25, 0.3) is 0 Å². The van der Waals surface area contributed by atoms with E-state index >= 15 is 0 Å². The summed E-state index contributed by atoms with van der Waals surface area (Å²) < 4.78 is 9.26. The van der Waals surface area contributed by atoms with Gasteiger partial charge < -0.3 is 9.47 Å². The Kier molecular flexibility index (Phi) is 2.10. The average Bonchev–Trinajstić information content (AvgIpc) is 2.05. The predicted molar refractivity (Wildman–Crippen MR) is 34.9 cm³/mol. The fourth-order valence-corrected chi connectivity index (χ4v) is 0.632. The summed E-state index contributed by atoms with van der Waals surface area (Å²) in [5.74, 6) is -0.158. The van der Waals surface area contributed by atoms with Gasteiger partial charge in [-0.3, -0.25) is 0 Å². The van der Waals surface area contributed by atoms with Gasteiger partial charge in [-0.1, -0.05) is 0 Å². The second kappa shape index (κ2) is 3.06. The van der Waals surface area contributed by atoms with E-state index in [1.165, 1.54) is 13.4 Å². The number of allylic oxidation sites excluding steroid dienone is 2. The van der Waals surface area contributed by atoms with Gasteiger partial charge in [-0.05, 0) is 18.6 Å². The largest absolute Gasteiger partial charge is 0.463 e. The third-order valence-corrected chi connectivity index (χ3v) is 1.12. The molecule has 0 unspecified atom stereocenters. The molecule has 0 spiro atoms. The molecule has 0 aromatic rings. The first-order chi connectivity index (χ1) is 4.84. The lowest BCUT2D eigenvalue weighted by Gasteiger charge is -2.05. The van der Waals surface area contributed by atoms with Crippen molar-refractivity contribution in [3.05, 3.63) is 24.2 Å². The van der Waals surface area contributed by atoms with Crippen molar-refractivity contribution < 1.29 is 14.3 Å². The van der Waals surface area contributed by atoms with Crippen LogP contribution in [0.1, 0.15) is 6.42 Å². The number of rotatable bonds is 1. The maximum Gasteiger partial charge on any atom is 0.373 e. The lowest BCUT2D eigenvalue weighted by molar-refractivity contribution is -0.139. The minimum Gasteiger partial charge on any atom is -0.463 e. The minimum absolute atomic E-state index is 0.269. The molecule has 54 valence electrons. The maximum absolute atomic E-state index is 10.7. The molecular formula is C7H8O3. The molecule has 0 N–H and O–H groups in total. The SMILES string of the molecule is COC(=O)C1=CCC=CO1. The van der Waals surface area contributed by atoms with Crippen LogP contribution < -0.4 is 0 Å². The van der Waals surface area contributed by atoms with Crippen LogP contribution in [0.25, 0.3) is 0 Å². The van der Waals surface area contributed by atoms with Gasteiger partial charge in [0.2, 0.25) is 5.76 Å². The van der Waals surface area contributed by atoms with Gasteiger partial charge in [0.05, 0.1) is 13.4 Å². The summed E-state index contributed by atoms with van der Waals surface area (Å²) in [4.78, 5) is 10.7. The quantitative estimate of drug-likeness (QED) is 0.509. The third-order valence-electron chi connectivity index (χ3n) is 1.12. The van der Waals surface area contributed by atoms with Gasteiger partial charge in [-0.25, -0.2) is 4.79 Å². The number of methoxy groups -OCH3 is 1. The van der Waals surface area contributed by atoms with Crippen LogP contribution in [0.3, 0.4) is 0 Å². The van der Waals surface area contributed by atoms with Gasteiger partial charge in [0.15, 0.2) is 0 Å². The van der Waals surface area contributed by atoms with Crippen molar-refractivity contribution in [2.24, 2.45) is 0 Å². The van der Waals surface area contributed by atoms with Crippen LogP contribution in [-0.4, -0.2) is 13.1 Å². The Bertz CT molecular complexity index is 191. The van der Waals surface area contributed by atoms with Crippen molar-refractivity contribution in [3.8, 4) is 0 Å². The molecule has 0 aromatic carbocycles. The zero-order valence-corrected chi connectivity index (χ0v) is 5.66. The number of ether oxygens (including phenoxy) is 2. The topological polar surface area (TPSA) is 35.5 Å². The Morgan fingerprint density at radius 3 is 3.10 bits per heavy atom. The Morgan fingerprint density at radius 1 is 1.80 bits per heavy atom. The Hall–Kier alpha value is -1.25. The van der Waals surface area contributed by atoms with Gasteiger partial charge in [0.1, 0.15) is 0 Å². The summed E-state index contributed by atoms with van der Waals surface area (Å²) in [6.07, 6.45) is 5.69. The maximum atomic E-state index is 10.7. The lowest BCUT2D eigenvalue weighted by Crippen LogP contribution is -2.07. The van der Waals surface area contributed by atoms with Crippen molar-refractivity contribution in [2.75, 3.05) is 7.11 Å². The van der Waals surface area contributed by atoms with Crippen molar-refractivity contribution >= 4 is 5.97 Å². The first-order valence-electron chi connectivity index (χ1n) is 2.94. The zero-order chi connectivity index (χ0) is 7.40. The summed E-state index contributed by atoms with van der Waals surface area (Å²) in [7, 11) is 1.32. The van der Waals surface area contributed by atoms with Crippen LogP contribution in [-0.2, 0) is 14.3 Å². The Labute approximate surface area is 58.9 Å². The second-order valence-electron chi connectivity index (χ2n) is 1.79. The smallest absolute Gasteiger partial charge is 0.373 e. The molecule has 0 aromatic heterocycles. The van der Waals surface area contributed by atoms with Crippen LogP contribution in [0, 0.1) is 0 Å². The lowest BCUT2D eigenvalue weighted by atomic mass is 10.3. The summed E-state index contributed by atoms with van der Waals surface area (Å²) in [6.45, 7) is 0. The van der Waals surface area contributed by atoms with Crippen molar-refractivity contribution in [1.29, 1.82) is 0 Å². The molecule has 1 aliphatic rings. The van der Waals surface area contributed by atoms with E-state index in [1.54, 1.807) is 6.08 Å². The van der Waals surface area contributed by atoms with Crippen LogP contribution >= 0.6 is 0 Å². The molecule has 0 atom stereocenters. The molecule has 3 nitrogen and oxygen atoms in total. The van der Waals surface area contributed by atoms with Crippen LogP contribution in [0.15, 0.2) is 24.2 Å². The van der Waals surface area contributed by atoms with Crippen LogP contribution in [0.5, 0.6) is 0 Å². The highest BCUT2D eigenvalue weighted by molar-refractivity contribution is 5.86. The van der Waals surface area contributed by atoms with Crippen molar-refractivity contribution in [1.82, 2.24) is 0 Å². The fourth-order valence-electron chi connectivity index (χ4n) is 0.632. The van der Waals surface area contributed by atoms with Gasteiger partial charge in [0, 0.05) is 0 Å². The molecule has 0 fully saturated rings. The Morgan fingerprint density at radius 2 is 2.60 bits per heavy atom. The first-order valence-corrected chi connectivity index (χ1v) is 2.94. The molecule has 1 rings (SSSR count). The zero-order valence-electron chi connectivity index (χ0n) is 5.66. The van der Waals surface area contributed by atoms with Crippen LogP contribution in [0.4, 0.5) is 0 Å². The number of hydrogen-bond acceptors (Lipinski definition) is 3. The van der Waals surface area contributed by atoms with E-state index in [2.05, 4.69) is 4.74 Å². The molecule has 0 bridgehead atoms. The monoisotopic (exact) mass is 140 g/mol. The highest BCUT2D eigenvalue weighted by Gasteiger charge is 2.10. The standard InChI is InChI=1S/C7H8O3/c1-9-7(8)6-4-2-3-5-10-6/h3-5H,2H2,1H3. The number of hydrogen-bond donors (Lipinski definition) is 0. The average molecular weight is 140 g/mol. The molecular weight excluding hydrogens is 132 g/mol. The van der Waals surface area contributed by atoms with E-state index in [1.807, 2.05) is 6.08 Å². The van der Waals surface area contributed by atoms with E-state index in [4.69, 9.17) is 4.74 Å². The molecule has 3 heteroatoms. The third kappa shape index (κ3) is 1.37.